The molecule has 0 aliphatic carbocycles. The molecule has 1 aliphatic heterocycles. The lowest BCUT2D eigenvalue weighted by Crippen LogP contribution is -2.28. The number of carbonyl (C=O) groups excluding carboxylic acids is 1. The molecular weight excluding hydrogens is 246 g/mol. The molecule has 1 unspecified atom stereocenters. The third-order valence-corrected chi connectivity index (χ3v) is 3.94. The minimum absolute atomic E-state index is 0.137. The molecule has 0 saturated carbocycles. The Bertz CT molecular complexity index is 419. The molecule has 1 fully saturated rings. The molecule has 0 amide bonds. The maximum absolute atomic E-state index is 12.2. The summed E-state index contributed by atoms with van der Waals surface area (Å²) in [6.45, 7) is 4.83. The van der Waals surface area contributed by atoms with E-state index in [1.807, 2.05) is 18.2 Å². The Morgan fingerprint density at radius 2 is 2.22 bits per heavy atom. The minimum Gasteiger partial charge on any atom is -0.296 e. The lowest BCUT2D eigenvalue weighted by Gasteiger charge is -2.15. The number of hydrogen-bond donors (Lipinski definition) is 0. The van der Waals surface area contributed by atoms with Crippen molar-refractivity contribution in [1.82, 2.24) is 4.90 Å². The lowest BCUT2D eigenvalue weighted by atomic mass is 10.0. The van der Waals surface area contributed by atoms with Gasteiger partial charge < -0.3 is 0 Å². The van der Waals surface area contributed by atoms with E-state index in [4.69, 9.17) is 11.6 Å². The van der Waals surface area contributed by atoms with Gasteiger partial charge in [-0.2, -0.15) is 0 Å². The molecule has 98 valence electrons. The first-order valence-corrected chi connectivity index (χ1v) is 7.08. The van der Waals surface area contributed by atoms with E-state index in [2.05, 4.69) is 11.8 Å². The predicted molar refractivity (Wildman–Crippen MR) is 75.2 cm³/mol. The van der Waals surface area contributed by atoms with Crippen molar-refractivity contribution < 1.29 is 4.79 Å². The zero-order chi connectivity index (χ0) is 13.0. The molecule has 1 aliphatic rings. The molecule has 0 bridgehead atoms. The second kappa shape index (κ2) is 6.35. The highest BCUT2D eigenvalue weighted by atomic mass is 35.5. The van der Waals surface area contributed by atoms with Gasteiger partial charge in [0.15, 0.2) is 5.78 Å². The van der Waals surface area contributed by atoms with Gasteiger partial charge in [-0.15, -0.1) is 0 Å². The van der Waals surface area contributed by atoms with Crippen molar-refractivity contribution in [3.05, 3.63) is 34.9 Å². The zero-order valence-corrected chi connectivity index (χ0v) is 11.6. The molecule has 0 N–H and O–H groups in total. The molecule has 0 spiro atoms. The SMILES string of the molecule is CCCC1CCN(CC(=O)c2ccccc2Cl)C1. The fraction of sp³-hybridized carbons (Fsp3) is 0.533. The summed E-state index contributed by atoms with van der Waals surface area (Å²) in [4.78, 5) is 14.4. The quantitative estimate of drug-likeness (QED) is 0.758. The molecule has 18 heavy (non-hydrogen) atoms. The van der Waals surface area contributed by atoms with E-state index >= 15 is 0 Å². The number of Topliss-reactive ketones (excluding diaryl/α,β-unsaturated/α-hetero) is 1. The third-order valence-electron chi connectivity index (χ3n) is 3.61. The van der Waals surface area contributed by atoms with Gasteiger partial charge in [0.1, 0.15) is 0 Å². The van der Waals surface area contributed by atoms with Gasteiger partial charge in [-0.25, -0.2) is 0 Å². The molecular formula is C15H20ClNO. The summed E-state index contributed by atoms with van der Waals surface area (Å²) < 4.78 is 0. The van der Waals surface area contributed by atoms with Gasteiger partial charge in [-0.05, 0) is 37.4 Å². The van der Waals surface area contributed by atoms with E-state index in [-0.39, 0.29) is 5.78 Å². The van der Waals surface area contributed by atoms with E-state index < -0.39 is 0 Å². The summed E-state index contributed by atoms with van der Waals surface area (Å²) in [5.74, 6) is 0.909. The highest BCUT2D eigenvalue weighted by molar-refractivity contribution is 6.34. The summed E-state index contributed by atoms with van der Waals surface area (Å²) in [6.07, 6.45) is 3.73. The van der Waals surface area contributed by atoms with E-state index in [1.54, 1.807) is 6.07 Å². The summed E-state index contributed by atoms with van der Waals surface area (Å²) in [6, 6.07) is 7.30. The first kappa shape index (κ1) is 13.6. The lowest BCUT2D eigenvalue weighted by molar-refractivity contribution is 0.0943. The number of carbonyl (C=O) groups is 1. The van der Waals surface area contributed by atoms with Crippen LogP contribution in [0.4, 0.5) is 0 Å². The minimum atomic E-state index is 0.137. The standard InChI is InChI=1S/C15H20ClNO/c1-2-5-12-8-9-17(10-12)11-15(18)13-6-3-4-7-14(13)16/h3-4,6-7,12H,2,5,8-11H2,1H3. The molecule has 0 aromatic heterocycles. The van der Waals surface area contributed by atoms with Gasteiger partial charge in [0.2, 0.25) is 0 Å². The van der Waals surface area contributed by atoms with Gasteiger partial charge in [0, 0.05) is 12.1 Å². The maximum atomic E-state index is 12.2. The molecule has 3 heteroatoms. The molecule has 1 aromatic carbocycles. The molecule has 1 aromatic rings. The second-order valence-corrected chi connectivity index (χ2v) is 5.49. The van der Waals surface area contributed by atoms with Crippen LogP contribution < -0.4 is 0 Å². The highest BCUT2D eigenvalue weighted by Gasteiger charge is 2.24. The number of rotatable bonds is 5. The Morgan fingerprint density at radius 3 is 2.94 bits per heavy atom. The summed E-state index contributed by atoms with van der Waals surface area (Å²) >= 11 is 6.04. The van der Waals surface area contributed by atoms with E-state index in [0.29, 0.717) is 17.1 Å². The normalized spacial score (nSPS) is 20.2. The van der Waals surface area contributed by atoms with Crippen LogP contribution >= 0.6 is 11.6 Å². The van der Waals surface area contributed by atoms with E-state index in [0.717, 1.165) is 19.0 Å². The molecule has 1 saturated heterocycles. The van der Waals surface area contributed by atoms with E-state index in [1.165, 1.54) is 19.3 Å². The van der Waals surface area contributed by atoms with Crippen molar-refractivity contribution in [2.24, 2.45) is 5.92 Å². The molecule has 1 atom stereocenters. The summed E-state index contributed by atoms with van der Waals surface area (Å²) in [7, 11) is 0. The van der Waals surface area contributed by atoms with Crippen LogP contribution in [0.15, 0.2) is 24.3 Å². The Morgan fingerprint density at radius 1 is 1.44 bits per heavy atom. The van der Waals surface area contributed by atoms with Crippen LogP contribution in [-0.4, -0.2) is 30.3 Å². The summed E-state index contributed by atoms with van der Waals surface area (Å²) in [5, 5.41) is 0.562. The molecule has 2 rings (SSSR count). The number of halogens is 1. The number of ketones is 1. The van der Waals surface area contributed by atoms with Crippen LogP contribution in [0, 0.1) is 5.92 Å². The predicted octanol–water partition coefficient (Wildman–Crippen LogP) is 3.64. The van der Waals surface area contributed by atoms with E-state index in [9.17, 15) is 4.79 Å². The number of likely N-dealkylation sites (tertiary alicyclic amines) is 1. The van der Waals surface area contributed by atoms with Gasteiger partial charge in [0.25, 0.3) is 0 Å². The van der Waals surface area contributed by atoms with Crippen LogP contribution in [-0.2, 0) is 0 Å². The zero-order valence-electron chi connectivity index (χ0n) is 10.9. The molecule has 2 nitrogen and oxygen atoms in total. The van der Waals surface area contributed by atoms with Gasteiger partial charge in [0.05, 0.1) is 11.6 Å². The van der Waals surface area contributed by atoms with Crippen molar-refractivity contribution in [1.29, 1.82) is 0 Å². The molecule has 0 radical (unpaired) electrons. The average molecular weight is 266 g/mol. The first-order chi connectivity index (χ1) is 8.70. The Balaban J connectivity index is 1.91. The fourth-order valence-electron chi connectivity index (χ4n) is 2.68. The van der Waals surface area contributed by atoms with Crippen LogP contribution in [0.5, 0.6) is 0 Å². The van der Waals surface area contributed by atoms with Gasteiger partial charge >= 0.3 is 0 Å². The number of nitrogens with zero attached hydrogens (tertiary/aromatic N) is 1. The first-order valence-electron chi connectivity index (χ1n) is 6.70. The Hall–Kier alpha value is -0.860. The Labute approximate surface area is 114 Å². The monoisotopic (exact) mass is 265 g/mol. The second-order valence-electron chi connectivity index (χ2n) is 5.08. The van der Waals surface area contributed by atoms with Gasteiger partial charge in [-0.1, -0.05) is 37.1 Å². The van der Waals surface area contributed by atoms with Crippen LogP contribution in [0.1, 0.15) is 36.5 Å². The van der Waals surface area contributed by atoms with Crippen LogP contribution in [0.25, 0.3) is 0 Å². The average Bonchev–Trinajstić information content (AvgIpc) is 2.77. The largest absolute Gasteiger partial charge is 0.296 e. The number of hydrogen-bond acceptors (Lipinski definition) is 2. The van der Waals surface area contributed by atoms with Crippen molar-refractivity contribution >= 4 is 17.4 Å². The van der Waals surface area contributed by atoms with Crippen molar-refractivity contribution in [3.8, 4) is 0 Å². The highest BCUT2D eigenvalue weighted by Crippen LogP contribution is 2.22. The topological polar surface area (TPSA) is 20.3 Å². The van der Waals surface area contributed by atoms with Crippen molar-refractivity contribution in [3.63, 3.8) is 0 Å². The van der Waals surface area contributed by atoms with Crippen LogP contribution in [0.2, 0.25) is 5.02 Å². The van der Waals surface area contributed by atoms with Gasteiger partial charge in [-0.3, -0.25) is 9.69 Å². The van der Waals surface area contributed by atoms with Crippen molar-refractivity contribution in [2.75, 3.05) is 19.6 Å². The fourth-order valence-corrected chi connectivity index (χ4v) is 2.92. The molecule has 1 heterocycles. The summed E-state index contributed by atoms with van der Waals surface area (Å²) in [5.41, 5.74) is 0.651. The third kappa shape index (κ3) is 3.33. The smallest absolute Gasteiger partial charge is 0.178 e. The van der Waals surface area contributed by atoms with Crippen molar-refractivity contribution in [2.45, 2.75) is 26.2 Å². The van der Waals surface area contributed by atoms with Crippen LogP contribution in [0.3, 0.4) is 0 Å². The maximum Gasteiger partial charge on any atom is 0.178 e. The Kier molecular flexibility index (Phi) is 4.79. The number of benzene rings is 1.